The molecule has 6 heteroatoms. The molecule has 98 valence electrons. The van der Waals surface area contributed by atoms with Crippen molar-refractivity contribution in [3.8, 4) is 0 Å². The van der Waals surface area contributed by atoms with E-state index in [1.54, 1.807) is 19.2 Å². The molecule has 0 bridgehead atoms. The molecule has 1 unspecified atom stereocenters. The second kappa shape index (κ2) is 5.54. The van der Waals surface area contributed by atoms with E-state index in [0.717, 1.165) is 19.5 Å². The molecule has 0 spiro atoms. The molecule has 1 saturated heterocycles. The molecule has 1 atom stereocenters. The van der Waals surface area contributed by atoms with Gasteiger partial charge in [0.05, 0.1) is 5.02 Å². The molecule has 0 aliphatic carbocycles. The Bertz CT molecular complexity index is 452. The van der Waals surface area contributed by atoms with Crippen LogP contribution in [0, 0.1) is 0 Å². The van der Waals surface area contributed by atoms with Gasteiger partial charge in [-0.2, -0.15) is 0 Å². The summed E-state index contributed by atoms with van der Waals surface area (Å²) in [5.41, 5.74) is 0.276. The van der Waals surface area contributed by atoms with E-state index in [1.807, 2.05) is 7.05 Å². The van der Waals surface area contributed by atoms with Crippen molar-refractivity contribution >= 4 is 23.3 Å². The van der Waals surface area contributed by atoms with Crippen molar-refractivity contribution in [2.75, 3.05) is 32.5 Å². The van der Waals surface area contributed by atoms with Crippen LogP contribution in [-0.2, 0) is 0 Å². The Labute approximate surface area is 112 Å². The summed E-state index contributed by atoms with van der Waals surface area (Å²) in [6.07, 6.45) is 0.964. The maximum Gasteiger partial charge on any atom is 0.271 e. The highest BCUT2D eigenvalue weighted by Gasteiger charge is 2.23. The van der Waals surface area contributed by atoms with Crippen molar-refractivity contribution in [1.82, 2.24) is 15.2 Å². The number of halogens is 1. The van der Waals surface area contributed by atoms with Gasteiger partial charge in [0.2, 0.25) is 0 Å². The molecule has 0 radical (unpaired) electrons. The van der Waals surface area contributed by atoms with Crippen molar-refractivity contribution in [3.05, 3.63) is 22.8 Å². The normalized spacial score (nSPS) is 19.8. The van der Waals surface area contributed by atoms with Gasteiger partial charge >= 0.3 is 0 Å². The van der Waals surface area contributed by atoms with Gasteiger partial charge in [-0.05, 0) is 32.1 Å². The number of hydrogen-bond donors (Lipinski definition) is 2. The predicted octanol–water partition coefficient (Wildman–Crippen LogP) is 1.21. The molecule has 5 nitrogen and oxygen atoms in total. The van der Waals surface area contributed by atoms with E-state index >= 15 is 0 Å². The minimum atomic E-state index is -0.211. The molecule has 2 N–H and O–H groups in total. The zero-order valence-corrected chi connectivity index (χ0v) is 11.3. The Hall–Kier alpha value is -1.33. The third-order valence-electron chi connectivity index (χ3n) is 3.04. The van der Waals surface area contributed by atoms with Crippen LogP contribution in [0.4, 0.5) is 5.82 Å². The number of likely N-dealkylation sites (N-methyl/N-ethyl adjacent to an activating group) is 1. The quantitative estimate of drug-likeness (QED) is 0.865. The number of carbonyl (C=O) groups excluding carboxylic acids is 1. The zero-order valence-electron chi connectivity index (χ0n) is 10.5. The highest BCUT2D eigenvalue weighted by Crippen LogP contribution is 2.17. The smallest absolute Gasteiger partial charge is 0.271 e. The standard InChI is InChI=1S/C12H17ClN4O/c1-14-10-4-3-9(13)11(16-10)12(18)15-8-5-6-17(2)7-8/h3-4,8H,5-7H2,1-2H3,(H,14,16)(H,15,18). The second-order valence-corrected chi connectivity index (χ2v) is 4.91. The van der Waals surface area contributed by atoms with Gasteiger partial charge in [0.15, 0.2) is 0 Å². The van der Waals surface area contributed by atoms with Gasteiger partial charge in [-0.3, -0.25) is 4.79 Å². The minimum Gasteiger partial charge on any atom is -0.373 e. The van der Waals surface area contributed by atoms with E-state index in [4.69, 9.17) is 11.6 Å². The van der Waals surface area contributed by atoms with Gasteiger partial charge in [-0.25, -0.2) is 4.98 Å². The lowest BCUT2D eigenvalue weighted by Crippen LogP contribution is -2.37. The molecule has 18 heavy (non-hydrogen) atoms. The predicted molar refractivity (Wildman–Crippen MR) is 72.2 cm³/mol. The summed E-state index contributed by atoms with van der Waals surface area (Å²) >= 11 is 6.00. The van der Waals surface area contributed by atoms with E-state index in [-0.39, 0.29) is 17.6 Å². The average molecular weight is 269 g/mol. The lowest BCUT2D eigenvalue weighted by molar-refractivity contribution is 0.0933. The van der Waals surface area contributed by atoms with Gasteiger partial charge in [-0.15, -0.1) is 0 Å². The van der Waals surface area contributed by atoms with Crippen molar-refractivity contribution in [2.24, 2.45) is 0 Å². The molecule has 2 rings (SSSR count). The van der Waals surface area contributed by atoms with Gasteiger partial charge < -0.3 is 15.5 Å². The van der Waals surface area contributed by atoms with Crippen LogP contribution < -0.4 is 10.6 Å². The summed E-state index contributed by atoms with van der Waals surface area (Å²) in [4.78, 5) is 18.5. The molecular formula is C12H17ClN4O. The second-order valence-electron chi connectivity index (χ2n) is 4.50. The third kappa shape index (κ3) is 2.91. The monoisotopic (exact) mass is 268 g/mol. The van der Waals surface area contributed by atoms with E-state index in [9.17, 15) is 4.79 Å². The fourth-order valence-electron chi connectivity index (χ4n) is 2.05. The number of likely N-dealkylation sites (tertiary alicyclic amines) is 1. The van der Waals surface area contributed by atoms with E-state index < -0.39 is 0 Å². The van der Waals surface area contributed by atoms with Crippen molar-refractivity contribution in [3.63, 3.8) is 0 Å². The van der Waals surface area contributed by atoms with Crippen LogP contribution >= 0.6 is 11.6 Å². The van der Waals surface area contributed by atoms with Gasteiger partial charge in [-0.1, -0.05) is 11.6 Å². The van der Waals surface area contributed by atoms with Crippen LogP contribution in [-0.4, -0.2) is 49.0 Å². The van der Waals surface area contributed by atoms with E-state index in [1.165, 1.54) is 0 Å². The number of anilines is 1. The first kappa shape index (κ1) is 13.1. The van der Waals surface area contributed by atoms with Crippen LogP contribution in [0.15, 0.2) is 12.1 Å². The van der Waals surface area contributed by atoms with E-state index in [0.29, 0.717) is 10.8 Å². The third-order valence-corrected chi connectivity index (χ3v) is 3.35. The molecule has 0 aromatic carbocycles. The summed E-state index contributed by atoms with van der Waals surface area (Å²) in [6.45, 7) is 1.87. The molecule has 2 heterocycles. The molecule has 1 aliphatic rings. The molecular weight excluding hydrogens is 252 g/mol. The molecule has 0 saturated carbocycles. The summed E-state index contributed by atoms with van der Waals surface area (Å²) in [5, 5.41) is 6.23. The fraction of sp³-hybridized carbons (Fsp3) is 0.500. The highest BCUT2D eigenvalue weighted by molar-refractivity contribution is 6.33. The molecule has 1 aromatic heterocycles. The molecule has 1 amide bonds. The maximum atomic E-state index is 12.1. The minimum absolute atomic E-state index is 0.179. The largest absolute Gasteiger partial charge is 0.373 e. The van der Waals surface area contributed by atoms with Crippen LogP contribution in [0.3, 0.4) is 0 Å². The highest BCUT2D eigenvalue weighted by atomic mass is 35.5. The first-order valence-corrected chi connectivity index (χ1v) is 6.31. The molecule has 1 aromatic rings. The number of carbonyl (C=O) groups is 1. The zero-order chi connectivity index (χ0) is 13.1. The lowest BCUT2D eigenvalue weighted by Gasteiger charge is -2.13. The van der Waals surface area contributed by atoms with Crippen LogP contribution in [0.1, 0.15) is 16.9 Å². The number of hydrogen-bond acceptors (Lipinski definition) is 4. The van der Waals surface area contributed by atoms with Crippen LogP contribution in [0.2, 0.25) is 5.02 Å². The Morgan fingerprint density at radius 3 is 2.94 bits per heavy atom. The Kier molecular flexibility index (Phi) is 4.04. The van der Waals surface area contributed by atoms with Gasteiger partial charge in [0, 0.05) is 19.6 Å². The Balaban J connectivity index is 2.08. The molecule has 1 aliphatic heterocycles. The number of nitrogens with zero attached hydrogens (tertiary/aromatic N) is 2. The van der Waals surface area contributed by atoms with Crippen molar-refractivity contribution in [1.29, 1.82) is 0 Å². The summed E-state index contributed by atoms with van der Waals surface area (Å²) < 4.78 is 0. The molecule has 1 fully saturated rings. The summed E-state index contributed by atoms with van der Waals surface area (Å²) in [7, 11) is 3.79. The number of rotatable bonds is 3. The van der Waals surface area contributed by atoms with Crippen molar-refractivity contribution in [2.45, 2.75) is 12.5 Å². The average Bonchev–Trinajstić information content (AvgIpc) is 2.75. The fourth-order valence-corrected chi connectivity index (χ4v) is 2.24. The SMILES string of the molecule is CNc1ccc(Cl)c(C(=O)NC2CCN(C)C2)n1. The van der Waals surface area contributed by atoms with Crippen molar-refractivity contribution < 1.29 is 4.79 Å². The number of nitrogens with one attached hydrogen (secondary N) is 2. The summed E-state index contributed by atoms with van der Waals surface area (Å²) in [5.74, 6) is 0.422. The van der Waals surface area contributed by atoms with Gasteiger partial charge in [0.1, 0.15) is 11.5 Å². The summed E-state index contributed by atoms with van der Waals surface area (Å²) in [6, 6.07) is 3.59. The maximum absolute atomic E-state index is 12.1. The van der Waals surface area contributed by atoms with Crippen LogP contribution in [0.25, 0.3) is 0 Å². The number of amides is 1. The Morgan fingerprint density at radius 2 is 2.33 bits per heavy atom. The first-order chi connectivity index (χ1) is 8.60. The number of pyridine rings is 1. The topological polar surface area (TPSA) is 57.3 Å². The Morgan fingerprint density at radius 1 is 1.56 bits per heavy atom. The van der Waals surface area contributed by atoms with E-state index in [2.05, 4.69) is 20.5 Å². The lowest BCUT2D eigenvalue weighted by atomic mass is 10.2. The first-order valence-electron chi connectivity index (χ1n) is 5.94. The number of aromatic nitrogens is 1. The van der Waals surface area contributed by atoms with Crippen LogP contribution in [0.5, 0.6) is 0 Å². The van der Waals surface area contributed by atoms with Gasteiger partial charge in [0.25, 0.3) is 5.91 Å².